The fourth-order valence-corrected chi connectivity index (χ4v) is 5.80. The van der Waals surface area contributed by atoms with Crippen LogP contribution < -0.4 is 5.73 Å². The number of hydrogen-bond acceptors (Lipinski definition) is 12. The molecule has 15 nitrogen and oxygen atoms in total. The molecule has 0 radical (unpaired) electrons. The summed E-state index contributed by atoms with van der Waals surface area (Å²) in [6, 6.07) is 0. The van der Waals surface area contributed by atoms with Gasteiger partial charge in [0.2, 0.25) is 0 Å². The van der Waals surface area contributed by atoms with Gasteiger partial charge in [0.1, 0.15) is 30.2 Å². The van der Waals surface area contributed by atoms with Crippen LogP contribution in [0.2, 0.25) is 0 Å². The van der Waals surface area contributed by atoms with Crippen LogP contribution in [0.1, 0.15) is 26.5 Å². The van der Waals surface area contributed by atoms with E-state index >= 15 is 4.39 Å². The van der Waals surface area contributed by atoms with Gasteiger partial charge in [0.15, 0.2) is 30.0 Å². The van der Waals surface area contributed by atoms with Crippen molar-refractivity contribution in [3.05, 3.63) is 12.7 Å². The molecule has 2 aliphatic heterocycles. The van der Waals surface area contributed by atoms with Crippen LogP contribution in [-0.4, -0.2) is 85.8 Å². The van der Waals surface area contributed by atoms with E-state index in [1.807, 2.05) is 6.92 Å². The van der Waals surface area contributed by atoms with Crippen LogP contribution in [0.5, 0.6) is 0 Å². The Hall–Kier alpha value is -1.71. The third-order valence-electron chi connectivity index (χ3n) is 6.01. The van der Waals surface area contributed by atoms with Gasteiger partial charge in [-0.2, -0.15) is 0 Å². The maximum Gasteiger partial charge on any atom is 0.695 e. The van der Waals surface area contributed by atoms with Gasteiger partial charge in [0, 0.05) is 11.7 Å². The van der Waals surface area contributed by atoms with Gasteiger partial charge >= 0.3 is 16.1 Å². The summed E-state index contributed by atoms with van der Waals surface area (Å²) in [6.45, 7) is 2.85. The molecule has 10 atom stereocenters. The maximum atomic E-state index is 15.4. The first-order chi connectivity index (χ1) is 17.1. The molecule has 4 unspecified atom stereocenters. The maximum absolute atomic E-state index is 15.4. The fraction of sp³-hybridized carbons (Fsp3) is 0.722. The largest absolute Gasteiger partial charge is 0.695 e. The summed E-state index contributed by atoms with van der Waals surface area (Å²) in [5, 5.41) is 0. The molecular weight excluding hydrogens is 527 g/mol. The van der Waals surface area contributed by atoms with Gasteiger partial charge in [-0.05, 0) is 13.3 Å². The Morgan fingerprint density at radius 2 is 2.00 bits per heavy atom. The normalized spacial score (nSPS) is 34.8. The van der Waals surface area contributed by atoms with Crippen molar-refractivity contribution in [3.63, 3.8) is 0 Å². The molecule has 2 saturated heterocycles. The van der Waals surface area contributed by atoms with E-state index in [0.717, 1.165) is 6.33 Å². The Morgan fingerprint density at radius 3 is 2.67 bits per heavy atom. The monoisotopic (exact) mass is 554 g/mol. The SMILES string of the molecule is CC[C@H]1O[C@@H](C)C(OC)[C@H]1OP(=O)(O)OC[C@H]1O[C@@H](n2cnc3c(N)ncnc32)C(F)[C@H]1O[P+](=O)O. The molecular formula is C18H27FN5O10P2+. The van der Waals surface area contributed by atoms with Gasteiger partial charge in [-0.1, -0.05) is 6.92 Å². The molecule has 4 N–H and O–H groups in total. The molecule has 0 aliphatic carbocycles. The number of nitrogens with two attached hydrogens (primary N) is 1. The second kappa shape index (κ2) is 11.0. The highest BCUT2D eigenvalue weighted by Gasteiger charge is 2.53. The highest BCUT2D eigenvalue weighted by Crippen LogP contribution is 2.49. The number of ether oxygens (including phenoxy) is 3. The van der Waals surface area contributed by atoms with E-state index in [1.165, 1.54) is 18.0 Å². The first-order valence-electron chi connectivity index (χ1n) is 11.0. The number of nitrogen functional groups attached to an aromatic ring is 1. The second-order valence-corrected chi connectivity index (χ2v) is 10.3. The minimum atomic E-state index is -4.74. The summed E-state index contributed by atoms with van der Waals surface area (Å²) in [5.41, 5.74) is 6.10. The van der Waals surface area contributed by atoms with E-state index in [0.29, 0.717) is 6.42 Å². The fourth-order valence-electron chi connectivity index (χ4n) is 4.38. The van der Waals surface area contributed by atoms with E-state index in [4.69, 9.17) is 33.5 Å². The second-order valence-electron chi connectivity index (χ2n) is 8.22. The predicted octanol–water partition coefficient (Wildman–Crippen LogP) is 1.39. The topological polar surface area (TPSA) is 200 Å². The molecule has 2 aromatic rings. The number of phosphoric acid groups is 1. The quantitative estimate of drug-likeness (QED) is 0.356. The van der Waals surface area contributed by atoms with Crippen molar-refractivity contribution in [2.75, 3.05) is 19.5 Å². The summed E-state index contributed by atoms with van der Waals surface area (Å²) >= 11 is 0. The summed E-state index contributed by atoms with van der Waals surface area (Å²) in [5.74, 6) is 0.0570. The Bertz CT molecular complexity index is 1140. The zero-order valence-electron chi connectivity index (χ0n) is 19.5. The van der Waals surface area contributed by atoms with Gasteiger partial charge in [0.05, 0.1) is 25.1 Å². The number of nitrogens with zero attached hydrogens (tertiary/aromatic N) is 4. The number of rotatable bonds is 10. The number of anilines is 1. The standard InChI is InChI=1S/C18H26FN5O10P2/c1-4-9-15(13(29-3)8(2)31-9)34-36(27,28)30-5-10-14(33-35(25)26)11(19)18(32-10)24-7-23-12-16(20)21-6-22-17(12)24/h6-11,13-15,18H,4-5H2,1-3H3,(H3-,20,21,22,25,26,27,28)/p+1/t8-,9+,10+,11?,13?,14-,15-,18+/m0/s1. The van der Waals surface area contributed by atoms with Crippen molar-refractivity contribution in [3.8, 4) is 0 Å². The van der Waals surface area contributed by atoms with Gasteiger partial charge in [0.25, 0.3) is 0 Å². The van der Waals surface area contributed by atoms with E-state index in [1.54, 1.807) is 6.92 Å². The lowest BCUT2D eigenvalue weighted by Crippen LogP contribution is -2.36. The number of fused-ring (bicyclic) bond motifs is 1. The van der Waals surface area contributed by atoms with E-state index in [-0.39, 0.29) is 17.0 Å². The van der Waals surface area contributed by atoms with Crippen molar-refractivity contribution in [2.24, 2.45) is 0 Å². The third kappa shape index (κ3) is 5.43. The molecule has 2 fully saturated rings. The number of methoxy groups -OCH3 is 1. The number of alkyl halides is 1. The number of hydrogen-bond donors (Lipinski definition) is 3. The van der Waals surface area contributed by atoms with Crippen LogP contribution >= 0.6 is 16.1 Å². The smallest absolute Gasteiger partial charge is 0.382 e. The van der Waals surface area contributed by atoms with Crippen molar-refractivity contribution in [1.29, 1.82) is 0 Å². The van der Waals surface area contributed by atoms with Gasteiger partial charge < -0.3 is 24.8 Å². The molecule has 36 heavy (non-hydrogen) atoms. The van der Waals surface area contributed by atoms with Crippen LogP contribution in [0.4, 0.5) is 10.2 Å². The molecule has 0 spiro atoms. The van der Waals surface area contributed by atoms with Crippen LogP contribution in [-0.2, 0) is 36.9 Å². The lowest BCUT2D eigenvalue weighted by Gasteiger charge is -2.25. The van der Waals surface area contributed by atoms with E-state index in [2.05, 4.69) is 15.0 Å². The third-order valence-corrected chi connectivity index (χ3v) is 7.42. The number of halogens is 1. The molecule has 18 heteroatoms. The predicted molar refractivity (Wildman–Crippen MR) is 119 cm³/mol. The minimum Gasteiger partial charge on any atom is -0.382 e. The Kier molecular flexibility index (Phi) is 8.32. The lowest BCUT2D eigenvalue weighted by molar-refractivity contribution is -0.0514. The Labute approximate surface area is 205 Å². The van der Waals surface area contributed by atoms with E-state index in [9.17, 15) is 18.9 Å². The molecule has 4 rings (SSSR count). The van der Waals surface area contributed by atoms with Crippen molar-refractivity contribution >= 4 is 33.1 Å². The Balaban J connectivity index is 1.50. The van der Waals surface area contributed by atoms with Crippen LogP contribution in [0.25, 0.3) is 11.2 Å². The van der Waals surface area contributed by atoms with Crippen molar-refractivity contribution < 1.29 is 51.1 Å². The first kappa shape index (κ1) is 27.3. The summed E-state index contributed by atoms with van der Waals surface area (Å²) in [7, 11) is -6.56. The molecule has 0 amide bonds. The van der Waals surface area contributed by atoms with E-state index < -0.39 is 71.7 Å². The number of phosphoric ester groups is 1. The van der Waals surface area contributed by atoms with Gasteiger partial charge in [-0.15, -0.1) is 9.42 Å². The number of imidazole rings is 1. The average Bonchev–Trinajstić information content (AvgIpc) is 3.47. The Morgan fingerprint density at radius 1 is 1.25 bits per heavy atom. The average molecular weight is 554 g/mol. The van der Waals surface area contributed by atoms with Gasteiger partial charge in [-0.25, -0.2) is 23.9 Å². The van der Waals surface area contributed by atoms with Crippen LogP contribution in [0.3, 0.4) is 0 Å². The van der Waals surface area contributed by atoms with Crippen molar-refractivity contribution in [1.82, 2.24) is 19.5 Å². The van der Waals surface area contributed by atoms with Crippen LogP contribution in [0, 0.1) is 0 Å². The summed E-state index contributed by atoms with van der Waals surface area (Å²) in [4.78, 5) is 31.5. The zero-order chi connectivity index (χ0) is 26.2. The summed E-state index contributed by atoms with van der Waals surface area (Å²) < 4.78 is 72.6. The number of aromatic nitrogens is 4. The van der Waals surface area contributed by atoms with Crippen molar-refractivity contribution in [2.45, 2.75) is 69.3 Å². The summed E-state index contributed by atoms with van der Waals surface area (Å²) in [6.07, 6.45) is -6.04. The molecule has 0 saturated carbocycles. The highest BCUT2D eigenvalue weighted by molar-refractivity contribution is 7.47. The molecule has 0 aromatic carbocycles. The zero-order valence-corrected chi connectivity index (χ0v) is 21.3. The molecule has 2 aliphatic rings. The molecule has 200 valence electrons. The lowest BCUT2D eigenvalue weighted by atomic mass is 10.1. The van der Waals surface area contributed by atoms with Gasteiger partial charge in [-0.3, -0.25) is 13.6 Å². The first-order valence-corrected chi connectivity index (χ1v) is 13.6. The highest BCUT2D eigenvalue weighted by atomic mass is 31.2. The molecule has 4 heterocycles. The molecule has 0 bridgehead atoms. The minimum absolute atomic E-state index is 0.0570. The van der Waals surface area contributed by atoms with Crippen LogP contribution in [0.15, 0.2) is 12.7 Å². The molecule has 2 aromatic heterocycles.